The topological polar surface area (TPSA) is 100 Å². The summed E-state index contributed by atoms with van der Waals surface area (Å²) in [5.41, 5.74) is 1.54. The lowest BCUT2D eigenvalue weighted by molar-refractivity contribution is -0.118. The Morgan fingerprint density at radius 3 is 2.55 bits per heavy atom. The van der Waals surface area contributed by atoms with Gasteiger partial charge in [0.25, 0.3) is 5.91 Å². The summed E-state index contributed by atoms with van der Waals surface area (Å²) in [4.78, 5) is 38.0. The van der Waals surface area contributed by atoms with Gasteiger partial charge in [0, 0.05) is 10.9 Å². The van der Waals surface area contributed by atoms with Gasteiger partial charge in [0.1, 0.15) is 22.1 Å². The summed E-state index contributed by atoms with van der Waals surface area (Å²) in [6, 6.07) is 4.60. The van der Waals surface area contributed by atoms with Crippen molar-refractivity contribution in [2.75, 3.05) is 33.3 Å². The van der Waals surface area contributed by atoms with Crippen molar-refractivity contribution in [2.24, 2.45) is 5.92 Å². The summed E-state index contributed by atoms with van der Waals surface area (Å²) in [7, 11) is 4.07. The largest absolute Gasteiger partial charge is 0.497 e. The molecule has 9 heteroatoms. The summed E-state index contributed by atoms with van der Waals surface area (Å²) >= 11 is 1.39. The molecule has 0 bridgehead atoms. The lowest BCUT2D eigenvalue weighted by atomic mass is 9.88. The number of rotatable bonds is 7. The molecule has 1 aromatic carbocycles. The molecule has 8 nitrogen and oxygen atoms in total. The first-order valence-electron chi connectivity index (χ1n) is 9.79. The third-order valence-electron chi connectivity index (χ3n) is 5.11. The van der Waals surface area contributed by atoms with Crippen LogP contribution >= 0.6 is 11.3 Å². The van der Waals surface area contributed by atoms with Gasteiger partial charge in [-0.05, 0) is 42.9 Å². The molecule has 0 aliphatic heterocycles. The first kappa shape index (κ1) is 22.6. The second-order valence-electron chi connectivity index (χ2n) is 7.24. The van der Waals surface area contributed by atoms with Crippen LogP contribution in [0, 0.1) is 5.92 Å². The highest BCUT2D eigenvalue weighted by Gasteiger charge is 2.29. The summed E-state index contributed by atoms with van der Waals surface area (Å²) < 4.78 is 20.4. The first-order chi connectivity index (χ1) is 14.9. The first-order valence-corrected chi connectivity index (χ1v) is 10.6. The molecule has 3 rings (SSSR count). The van der Waals surface area contributed by atoms with Gasteiger partial charge < -0.3 is 24.3 Å². The van der Waals surface area contributed by atoms with Gasteiger partial charge in [-0.1, -0.05) is 6.92 Å². The van der Waals surface area contributed by atoms with Gasteiger partial charge in [0.2, 0.25) is 0 Å². The van der Waals surface area contributed by atoms with Crippen LogP contribution in [0.25, 0.3) is 0 Å². The number of fused-ring (bicyclic) bond motifs is 1. The summed E-state index contributed by atoms with van der Waals surface area (Å²) in [5, 5.41) is 3.22. The van der Waals surface area contributed by atoms with E-state index in [0.29, 0.717) is 22.2 Å². The Kier molecular flexibility index (Phi) is 7.17. The minimum Gasteiger partial charge on any atom is -0.497 e. The molecule has 1 aliphatic carbocycles. The number of hydrogen-bond donors (Lipinski definition) is 1. The second kappa shape index (κ2) is 9.82. The van der Waals surface area contributed by atoms with E-state index in [2.05, 4.69) is 12.2 Å². The molecule has 1 heterocycles. The molecule has 0 fully saturated rings. The lowest BCUT2D eigenvalue weighted by Gasteiger charge is -2.18. The average Bonchev–Trinajstić information content (AvgIpc) is 3.12. The predicted octanol–water partition coefficient (Wildman–Crippen LogP) is 3.47. The number of methoxy groups -OCH3 is 3. The number of esters is 2. The molecule has 2 aromatic rings. The van der Waals surface area contributed by atoms with Gasteiger partial charge in [-0.25, -0.2) is 9.59 Å². The van der Waals surface area contributed by atoms with Crippen LogP contribution in [0.1, 0.15) is 44.5 Å². The van der Waals surface area contributed by atoms with Crippen LogP contribution in [0.4, 0.5) is 5.00 Å². The van der Waals surface area contributed by atoms with Crippen LogP contribution in [-0.2, 0) is 27.1 Å². The van der Waals surface area contributed by atoms with Gasteiger partial charge in [-0.2, -0.15) is 0 Å². The van der Waals surface area contributed by atoms with E-state index >= 15 is 0 Å². The number of hydrogen-bond acceptors (Lipinski definition) is 8. The van der Waals surface area contributed by atoms with Crippen molar-refractivity contribution >= 4 is 34.2 Å². The number of amides is 1. The molecule has 1 aromatic heterocycles. The number of benzene rings is 1. The molecule has 0 saturated heterocycles. The molecule has 0 radical (unpaired) electrons. The Bertz CT molecular complexity index is 998. The normalized spacial score (nSPS) is 14.9. The maximum Gasteiger partial charge on any atom is 0.341 e. The van der Waals surface area contributed by atoms with E-state index in [4.69, 9.17) is 18.9 Å². The van der Waals surface area contributed by atoms with Gasteiger partial charge in [0.05, 0.1) is 26.9 Å². The molecule has 0 saturated carbocycles. The molecule has 1 aliphatic rings. The maximum atomic E-state index is 12.6. The van der Waals surface area contributed by atoms with Crippen molar-refractivity contribution in [3.05, 3.63) is 39.8 Å². The fourth-order valence-electron chi connectivity index (χ4n) is 3.49. The monoisotopic (exact) mass is 447 g/mol. The van der Waals surface area contributed by atoms with E-state index in [0.717, 1.165) is 29.7 Å². The zero-order chi connectivity index (χ0) is 22.5. The number of carbonyl (C=O) groups excluding carboxylic acids is 3. The Morgan fingerprint density at radius 2 is 1.87 bits per heavy atom. The number of carbonyl (C=O) groups is 3. The fraction of sp³-hybridized carbons (Fsp3) is 0.409. The van der Waals surface area contributed by atoms with Crippen molar-refractivity contribution in [3.63, 3.8) is 0 Å². The standard InChI is InChI=1S/C22H25NO7S/c1-12-5-7-15-17(9-12)31-20(19(15)22(26)29-4)23-18(24)11-30-16-10-13(27-2)6-8-14(16)21(25)28-3/h6,8,10,12H,5,7,9,11H2,1-4H3,(H,23,24). The zero-order valence-corrected chi connectivity index (χ0v) is 18.7. The van der Waals surface area contributed by atoms with Crippen LogP contribution in [0.2, 0.25) is 0 Å². The van der Waals surface area contributed by atoms with Crippen molar-refractivity contribution in [1.82, 2.24) is 0 Å². The van der Waals surface area contributed by atoms with Crippen molar-refractivity contribution in [1.29, 1.82) is 0 Å². The minimum atomic E-state index is -0.592. The highest BCUT2D eigenvalue weighted by molar-refractivity contribution is 7.17. The highest BCUT2D eigenvalue weighted by atomic mass is 32.1. The maximum absolute atomic E-state index is 12.6. The van der Waals surface area contributed by atoms with Gasteiger partial charge in [0.15, 0.2) is 6.61 Å². The van der Waals surface area contributed by atoms with Crippen LogP contribution in [0.3, 0.4) is 0 Å². The zero-order valence-electron chi connectivity index (χ0n) is 17.9. The van der Waals surface area contributed by atoms with Crippen LogP contribution < -0.4 is 14.8 Å². The fourth-order valence-corrected chi connectivity index (χ4v) is 4.91. The van der Waals surface area contributed by atoms with Crippen molar-refractivity contribution < 1.29 is 33.3 Å². The van der Waals surface area contributed by atoms with Gasteiger partial charge >= 0.3 is 11.9 Å². The SMILES string of the molecule is COC(=O)c1ccc(OC)cc1OCC(=O)Nc1sc2c(c1C(=O)OC)CCC(C)C2. The molecule has 1 amide bonds. The third-order valence-corrected chi connectivity index (χ3v) is 6.28. The minimum absolute atomic E-state index is 0.161. The quantitative estimate of drug-likeness (QED) is 0.649. The highest BCUT2D eigenvalue weighted by Crippen LogP contribution is 2.40. The average molecular weight is 448 g/mol. The lowest BCUT2D eigenvalue weighted by Crippen LogP contribution is -2.22. The molecule has 1 unspecified atom stereocenters. The molecular formula is C22H25NO7S. The number of anilines is 1. The van der Waals surface area contributed by atoms with E-state index in [1.165, 1.54) is 44.8 Å². The molecule has 0 spiro atoms. The van der Waals surface area contributed by atoms with Crippen molar-refractivity contribution in [2.45, 2.75) is 26.2 Å². The van der Waals surface area contributed by atoms with Crippen LogP contribution in [0.15, 0.2) is 18.2 Å². The number of thiophene rings is 1. The molecule has 31 heavy (non-hydrogen) atoms. The summed E-state index contributed by atoms with van der Waals surface area (Å²) in [5.74, 6) is -0.371. The Morgan fingerprint density at radius 1 is 1.13 bits per heavy atom. The smallest absolute Gasteiger partial charge is 0.341 e. The van der Waals surface area contributed by atoms with Crippen LogP contribution in [0.5, 0.6) is 11.5 Å². The molecule has 166 valence electrons. The summed E-state index contributed by atoms with van der Waals surface area (Å²) in [6.45, 7) is 1.80. The van der Waals surface area contributed by atoms with Crippen molar-refractivity contribution in [3.8, 4) is 11.5 Å². The van der Waals surface area contributed by atoms with Gasteiger partial charge in [-0.3, -0.25) is 4.79 Å². The van der Waals surface area contributed by atoms with E-state index in [1.807, 2.05) is 0 Å². The number of ether oxygens (including phenoxy) is 4. The Balaban J connectivity index is 1.78. The van der Waals surface area contributed by atoms with Gasteiger partial charge in [-0.15, -0.1) is 11.3 Å². The number of nitrogens with one attached hydrogen (secondary N) is 1. The molecule has 1 N–H and O–H groups in total. The second-order valence-corrected chi connectivity index (χ2v) is 8.34. The van der Waals surface area contributed by atoms with Crippen LogP contribution in [-0.4, -0.2) is 45.8 Å². The van der Waals surface area contributed by atoms with E-state index in [-0.39, 0.29) is 17.9 Å². The third kappa shape index (κ3) is 4.99. The predicted molar refractivity (Wildman–Crippen MR) is 115 cm³/mol. The van der Waals surface area contributed by atoms with E-state index in [1.54, 1.807) is 6.07 Å². The molecular weight excluding hydrogens is 422 g/mol. The molecule has 1 atom stereocenters. The Hall–Kier alpha value is -3.07. The Labute approximate surface area is 184 Å². The summed E-state index contributed by atoms with van der Waals surface area (Å²) in [6.07, 6.45) is 2.62. The van der Waals surface area contributed by atoms with E-state index in [9.17, 15) is 14.4 Å². The van der Waals surface area contributed by atoms with E-state index < -0.39 is 17.8 Å².